The maximum absolute atomic E-state index is 10.9. The van der Waals surface area contributed by atoms with Crippen molar-refractivity contribution in [3.8, 4) is 0 Å². The smallest absolute Gasteiger partial charge is 0.138 e. The fraction of sp³-hybridized carbons (Fsp3) is 0.500. The Morgan fingerprint density at radius 1 is 1.40 bits per heavy atom. The molecule has 3 nitrogen and oxygen atoms in total. The van der Waals surface area contributed by atoms with Crippen LogP contribution in [0.2, 0.25) is 0 Å². The summed E-state index contributed by atoms with van der Waals surface area (Å²) in [6.45, 7) is 0. The molecule has 10 heavy (non-hydrogen) atoms. The molecule has 0 spiro atoms. The van der Waals surface area contributed by atoms with Crippen LogP contribution in [0.1, 0.15) is 17.0 Å². The van der Waals surface area contributed by atoms with E-state index < -0.39 is 0 Å². The predicted octanol–water partition coefficient (Wildman–Crippen LogP) is 0.596. The Labute approximate surface area is 62.2 Å². The molecule has 0 bridgehead atoms. The standard InChI is InChI=1S/C6H6N2OS/c9-4-1-2-5-6(3-4)10-8-7-5/h1-3H2. The fourth-order valence-electron chi connectivity index (χ4n) is 1.08. The lowest BCUT2D eigenvalue weighted by atomic mass is 10.0. The summed E-state index contributed by atoms with van der Waals surface area (Å²) in [7, 11) is 0. The van der Waals surface area contributed by atoms with Crippen LogP contribution in [0.3, 0.4) is 0 Å². The van der Waals surface area contributed by atoms with Crippen LogP contribution in [-0.2, 0) is 17.6 Å². The molecule has 52 valence electrons. The number of aryl methyl sites for hydroxylation is 1. The van der Waals surface area contributed by atoms with Crippen molar-refractivity contribution in [3.05, 3.63) is 10.6 Å². The molecular weight excluding hydrogens is 148 g/mol. The highest BCUT2D eigenvalue weighted by Crippen LogP contribution is 2.18. The molecule has 1 aliphatic rings. The lowest BCUT2D eigenvalue weighted by Crippen LogP contribution is -2.11. The van der Waals surface area contributed by atoms with E-state index in [0.29, 0.717) is 18.6 Å². The molecule has 0 amide bonds. The van der Waals surface area contributed by atoms with Gasteiger partial charge in [0.25, 0.3) is 0 Å². The number of hydrogen-bond donors (Lipinski definition) is 0. The van der Waals surface area contributed by atoms with Crippen LogP contribution >= 0.6 is 11.5 Å². The largest absolute Gasteiger partial charge is 0.299 e. The van der Waals surface area contributed by atoms with Gasteiger partial charge in [-0.3, -0.25) is 4.79 Å². The van der Waals surface area contributed by atoms with Gasteiger partial charge in [-0.05, 0) is 18.0 Å². The van der Waals surface area contributed by atoms with Gasteiger partial charge in [-0.2, -0.15) is 0 Å². The molecule has 0 atom stereocenters. The van der Waals surface area contributed by atoms with Gasteiger partial charge in [-0.1, -0.05) is 4.49 Å². The highest BCUT2D eigenvalue weighted by Gasteiger charge is 2.18. The fourth-order valence-corrected chi connectivity index (χ4v) is 1.79. The Kier molecular flexibility index (Phi) is 1.27. The average molecular weight is 154 g/mol. The summed E-state index contributed by atoms with van der Waals surface area (Å²) in [5.41, 5.74) is 1.03. The first kappa shape index (κ1) is 5.97. The van der Waals surface area contributed by atoms with E-state index in [1.54, 1.807) is 0 Å². The molecule has 0 radical (unpaired) electrons. The monoisotopic (exact) mass is 154 g/mol. The highest BCUT2D eigenvalue weighted by atomic mass is 32.1. The SMILES string of the molecule is O=C1CCc2nnsc2C1. The number of carbonyl (C=O) groups is 1. The molecule has 1 heterocycles. The number of carbonyl (C=O) groups excluding carboxylic acids is 1. The van der Waals surface area contributed by atoms with E-state index in [9.17, 15) is 4.79 Å². The Hall–Kier alpha value is -0.770. The molecule has 0 saturated carbocycles. The van der Waals surface area contributed by atoms with Gasteiger partial charge in [0.2, 0.25) is 0 Å². The number of ketones is 1. The molecule has 0 N–H and O–H groups in total. The van der Waals surface area contributed by atoms with Crippen molar-refractivity contribution in [1.29, 1.82) is 0 Å². The molecule has 0 unspecified atom stereocenters. The second-order valence-corrected chi connectivity index (χ2v) is 3.20. The molecule has 1 aromatic heterocycles. The first-order chi connectivity index (χ1) is 4.86. The summed E-state index contributed by atoms with van der Waals surface area (Å²) in [6, 6.07) is 0. The third kappa shape index (κ3) is 0.844. The van der Waals surface area contributed by atoms with E-state index in [1.165, 1.54) is 11.5 Å². The number of nitrogens with zero attached hydrogens (tertiary/aromatic N) is 2. The summed E-state index contributed by atoms with van der Waals surface area (Å²) < 4.78 is 3.78. The lowest BCUT2D eigenvalue weighted by molar-refractivity contribution is -0.118. The van der Waals surface area contributed by atoms with Gasteiger partial charge in [-0.25, -0.2) is 0 Å². The first-order valence-corrected chi connectivity index (χ1v) is 3.95. The Balaban J connectivity index is 2.39. The summed E-state index contributed by atoms with van der Waals surface area (Å²) in [6.07, 6.45) is 2.01. The van der Waals surface area contributed by atoms with E-state index >= 15 is 0 Å². The molecule has 0 fully saturated rings. The molecule has 4 heteroatoms. The van der Waals surface area contributed by atoms with Gasteiger partial charge >= 0.3 is 0 Å². The number of rotatable bonds is 0. The zero-order valence-electron chi connectivity index (χ0n) is 5.33. The number of aromatic nitrogens is 2. The highest BCUT2D eigenvalue weighted by molar-refractivity contribution is 7.05. The van der Waals surface area contributed by atoms with Gasteiger partial charge in [0.1, 0.15) is 5.78 Å². The molecule has 0 saturated heterocycles. The van der Waals surface area contributed by atoms with Gasteiger partial charge in [0, 0.05) is 12.8 Å². The van der Waals surface area contributed by atoms with Crippen LogP contribution in [-0.4, -0.2) is 15.4 Å². The summed E-state index contributed by atoms with van der Waals surface area (Å²) in [4.78, 5) is 11.9. The molecule has 1 aliphatic carbocycles. The minimum atomic E-state index is 0.318. The van der Waals surface area contributed by atoms with Crippen LogP contribution in [0.5, 0.6) is 0 Å². The van der Waals surface area contributed by atoms with E-state index in [-0.39, 0.29) is 0 Å². The molecule has 0 aliphatic heterocycles. The summed E-state index contributed by atoms with van der Waals surface area (Å²) in [5, 5.41) is 3.91. The maximum atomic E-state index is 10.9. The van der Waals surface area contributed by atoms with Crippen molar-refractivity contribution in [2.75, 3.05) is 0 Å². The van der Waals surface area contributed by atoms with Crippen molar-refractivity contribution in [1.82, 2.24) is 9.59 Å². The average Bonchev–Trinajstić information content (AvgIpc) is 2.33. The number of Topliss-reactive ketones (excluding diaryl/α,β-unsaturated/α-hetero) is 1. The zero-order valence-corrected chi connectivity index (χ0v) is 6.15. The quantitative estimate of drug-likeness (QED) is 0.549. The van der Waals surface area contributed by atoms with E-state index in [4.69, 9.17) is 0 Å². The lowest BCUT2D eigenvalue weighted by Gasteiger charge is -2.05. The maximum Gasteiger partial charge on any atom is 0.138 e. The first-order valence-electron chi connectivity index (χ1n) is 3.18. The van der Waals surface area contributed by atoms with Crippen LogP contribution in [0.15, 0.2) is 0 Å². The third-order valence-electron chi connectivity index (χ3n) is 1.63. The Bertz CT molecular complexity index is 268. The molecule has 0 aromatic carbocycles. The minimum absolute atomic E-state index is 0.318. The van der Waals surface area contributed by atoms with Crippen LogP contribution in [0, 0.1) is 0 Å². The van der Waals surface area contributed by atoms with Crippen LogP contribution < -0.4 is 0 Å². The van der Waals surface area contributed by atoms with Crippen LogP contribution in [0.25, 0.3) is 0 Å². The molecule has 1 aromatic rings. The number of hydrogen-bond acceptors (Lipinski definition) is 4. The third-order valence-corrected chi connectivity index (χ3v) is 2.40. The number of fused-ring (bicyclic) bond motifs is 1. The van der Waals surface area contributed by atoms with Gasteiger partial charge in [-0.15, -0.1) is 5.10 Å². The second-order valence-electron chi connectivity index (χ2n) is 2.36. The van der Waals surface area contributed by atoms with Crippen molar-refractivity contribution in [2.24, 2.45) is 0 Å². The zero-order chi connectivity index (χ0) is 6.97. The van der Waals surface area contributed by atoms with Crippen molar-refractivity contribution < 1.29 is 4.79 Å². The Morgan fingerprint density at radius 2 is 2.30 bits per heavy atom. The van der Waals surface area contributed by atoms with Crippen molar-refractivity contribution in [2.45, 2.75) is 19.3 Å². The summed E-state index contributed by atoms with van der Waals surface area (Å²) in [5.74, 6) is 0.318. The van der Waals surface area contributed by atoms with E-state index in [1.807, 2.05) is 0 Å². The van der Waals surface area contributed by atoms with Gasteiger partial charge < -0.3 is 0 Å². The van der Waals surface area contributed by atoms with Gasteiger partial charge in [0.15, 0.2) is 0 Å². The van der Waals surface area contributed by atoms with E-state index in [0.717, 1.165) is 17.0 Å². The molecular formula is C6H6N2OS. The van der Waals surface area contributed by atoms with Crippen molar-refractivity contribution >= 4 is 17.3 Å². The van der Waals surface area contributed by atoms with E-state index in [2.05, 4.69) is 9.59 Å². The summed E-state index contributed by atoms with van der Waals surface area (Å²) >= 11 is 1.35. The predicted molar refractivity (Wildman–Crippen MR) is 36.9 cm³/mol. The molecule has 2 rings (SSSR count). The Morgan fingerprint density at radius 3 is 3.20 bits per heavy atom. The topological polar surface area (TPSA) is 42.9 Å². The van der Waals surface area contributed by atoms with Gasteiger partial charge in [0.05, 0.1) is 10.6 Å². The normalized spacial score (nSPS) is 17.0. The second kappa shape index (κ2) is 2.12. The minimum Gasteiger partial charge on any atom is -0.299 e. The van der Waals surface area contributed by atoms with Crippen LogP contribution in [0.4, 0.5) is 0 Å². The van der Waals surface area contributed by atoms with Crippen molar-refractivity contribution in [3.63, 3.8) is 0 Å².